The van der Waals surface area contributed by atoms with Crippen molar-refractivity contribution in [1.82, 2.24) is 4.90 Å². The molecule has 1 amide bonds. The van der Waals surface area contributed by atoms with Crippen molar-refractivity contribution in [3.63, 3.8) is 0 Å². The Morgan fingerprint density at radius 3 is 2.24 bits per heavy atom. The van der Waals surface area contributed by atoms with Crippen molar-refractivity contribution in [3.05, 3.63) is 53.1 Å². The van der Waals surface area contributed by atoms with Crippen molar-refractivity contribution >= 4 is 44.6 Å². The van der Waals surface area contributed by atoms with Gasteiger partial charge in [-0.3, -0.25) is 9.10 Å². The van der Waals surface area contributed by atoms with E-state index in [1.165, 1.54) is 19.2 Å². The molecule has 29 heavy (non-hydrogen) atoms. The second-order valence-corrected chi connectivity index (χ2v) is 9.61. The summed E-state index contributed by atoms with van der Waals surface area (Å²) in [6, 6.07) is 12.3. The summed E-state index contributed by atoms with van der Waals surface area (Å²) >= 11 is 6.23. The minimum absolute atomic E-state index is 0.185. The SMILES string of the molecule is CN1CCN(c2ccc(NC(=O)c3ccc(N(C)S(C)(=O)=O)cc3Cl)cc2)CC1. The Kier molecular flexibility index (Phi) is 6.36. The van der Waals surface area contributed by atoms with E-state index < -0.39 is 10.0 Å². The lowest BCUT2D eigenvalue weighted by Crippen LogP contribution is -2.44. The molecule has 1 aliphatic heterocycles. The molecule has 2 aromatic carbocycles. The maximum absolute atomic E-state index is 12.6. The molecule has 0 radical (unpaired) electrons. The van der Waals surface area contributed by atoms with Crippen LogP contribution in [0.2, 0.25) is 5.02 Å². The van der Waals surface area contributed by atoms with Crippen molar-refractivity contribution in [2.75, 3.05) is 61.1 Å². The summed E-state index contributed by atoms with van der Waals surface area (Å²) in [5.74, 6) is -0.351. The van der Waals surface area contributed by atoms with E-state index in [-0.39, 0.29) is 16.5 Å². The third kappa shape index (κ3) is 5.20. The fourth-order valence-electron chi connectivity index (χ4n) is 3.09. The summed E-state index contributed by atoms with van der Waals surface area (Å²) in [5, 5.41) is 3.02. The van der Waals surface area contributed by atoms with Gasteiger partial charge in [-0.2, -0.15) is 0 Å². The van der Waals surface area contributed by atoms with Crippen LogP contribution in [0.25, 0.3) is 0 Å². The number of benzene rings is 2. The van der Waals surface area contributed by atoms with E-state index in [2.05, 4.69) is 22.2 Å². The van der Waals surface area contributed by atoms with Crippen molar-refractivity contribution < 1.29 is 13.2 Å². The van der Waals surface area contributed by atoms with Crippen LogP contribution in [0.4, 0.5) is 17.1 Å². The first-order valence-corrected chi connectivity index (χ1v) is 11.5. The van der Waals surface area contributed by atoms with E-state index in [4.69, 9.17) is 11.6 Å². The summed E-state index contributed by atoms with van der Waals surface area (Å²) in [6.45, 7) is 4.02. The lowest BCUT2D eigenvalue weighted by Gasteiger charge is -2.34. The third-order valence-electron chi connectivity index (χ3n) is 5.05. The minimum Gasteiger partial charge on any atom is -0.369 e. The Morgan fingerprint density at radius 2 is 1.69 bits per heavy atom. The van der Waals surface area contributed by atoms with Gasteiger partial charge in [0.1, 0.15) is 0 Å². The number of carbonyl (C=O) groups is 1. The number of sulfonamides is 1. The number of amides is 1. The highest BCUT2D eigenvalue weighted by Crippen LogP contribution is 2.26. The Bertz CT molecular complexity index is 987. The van der Waals surface area contributed by atoms with Gasteiger partial charge < -0.3 is 15.1 Å². The minimum atomic E-state index is -3.40. The summed E-state index contributed by atoms with van der Waals surface area (Å²) in [4.78, 5) is 17.2. The normalized spacial score (nSPS) is 15.2. The van der Waals surface area contributed by atoms with Gasteiger partial charge in [-0.15, -0.1) is 0 Å². The number of carbonyl (C=O) groups excluding carboxylic acids is 1. The van der Waals surface area contributed by atoms with Gasteiger partial charge >= 0.3 is 0 Å². The number of hydrogen-bond acceptors (Lipinski definition) is 5. The van der Waals surface area contributed by atoms with E-state index in [1.807, 2.05) is 24.3 Å². The second-order valence-electron chi connectivity index (χ2n) is 7.19. The molecule has 0 spiro atoms. The molecule has 9 heteroatoms. The summed E-state index contributed by atoms with van der Waals surface area (Å²) < 4.78 is 24.4. The molecule has 0 atom stereocenters. The van der Waals surface area contributed by atoms with Crippen LogP contribution in [0.3, 0.4) is 0 Å². The van der Waals surface area contributed by atoms with Crippen molar-refractivity contribution in [2.45, 2.75) is 0 Å². The number of halogens is 1. The lowest BCUT2D eigenvalue weighted by atomic mass is 10.1. The van der Waals surface area contributed by atoms with Gasteiger partial charge in [-0.05, 0) is 49.5 Å². The molecular weight excluding hydrogens is 412 g/mol. The molecule has 1 fully saturated rings. The smallest absolute Gasteiger partial charge is 0.257 e. The van der Waals surface area contributed by atoms with Crippen LogP contribution in [0.1, 0.15) is 10.4 Å². The second kappa shape index (κ2) is 8.61. The molecule has 0 saturated carbocycles. The van der Waals surface area contributed by atoms with E-state index in [9.17, 15) is 13.2 Å². The molecule has 7 nitrogen and oxygen atoms in total. The van der Waals surface area contributed by atoms with Gasteiger partial charge in [0.15, 0.2) is 0 Å². The molecule has 0 unspecified atom stereocenters. The fraction of sp³-hybridized carbons (Fsp3) is 0.350. The zero-order valence-electron chi connectivity index (χ0n) is 16.7. The number of rotatable bonds is 5. The summed E-state index contributed by atoms with van der Waals surface area (Å²) in [7, 11) is 0.148. The van der Waals surface area contributed by atoms with E-state index in [0.29, 0.717) is 11.4 Å². The predicted octanol–water partition coefficient (Wildman–Crippen LogP) is 2.74. The first-order valence-electron chi connectivity index (χ1n) is 9.23. The molecule has 0 bridgehead atoms. The zero-order valence-corrected chi connectivity index (χ0v) is 18.3. The fourth-order valence-corrected chi connectivity index (χ4v) is 3.85. The first-order chi connectivity index (χ1) is 13.6. The Hall–Kier alpha value is -2.29. The number of nitrogens with one attached hydrogen (secondary N) is 1. The lowest BCUT2D eigenvalue weighted by molar-refractivity contribution is 0.102. The van der Waals surface area contributed by atoms with Crippen molar-refractivity contribution in [2.24, 2.45) is 0 Å². The number of piperazine rings is 1. The molecular formula is C20H25ClN4O3S. The molecule has 1 heterocycles. The first kappa shape index (κ1) is 21.4. The summed E-state index contributed by atoms with van der Waals surface area (Å²) in [6.07, 6.45) is 1.10. The molecule has 3 rings (SSSR count). The van der Waals surface area contributed by atoms with Gasteiger partial charge in [0.2, 0.25) is 10.0 Å². The highest BCUT2D eigenvalue weighted by Gasteiger charge is 2.17. The third-order valence-corrected chi connectivity index (χ3v) is 6.57. The molecule has 1 saturated heterocycles. The van der Waals surface area contributed by atoms with Crippen LogP contribution in [0.15, 0.2) is 42.5 Å². The molecule has 1 N–H and O–H groups in total. The van der Waals surface area contributed by atoms with Gasteiger partial charge in [0.05, 0.1) is 22.5 Å². The Morgan fingerprint density at radius 1 is 1.07 bits per heavy atom. The number of hydrogen-bond donors (Lipinski definition) is 1. The largest absolute Gasteiger partial charge is 0.369 e. The van der Waals surface area contributed by atoms with Crippen LogP contribution in [-0.2, 0) is 10.0 Å². The monoisotopic (exact) mass is 436 g/mol. The van der Waals surface area contributed by atoms with Gasteiger partial charge in [0, 0.05) is 44.6 Å². The summed E-state index contributed by atoms with van der Waals surface area (Å²) in [5.41, 5.74) is 2.47. The van der Waals surface area contributed by atoms with Crippen LogP contribution < -0.4 is 14.5 Å². The standard InChI is InChI=1S/C20H25ClN4O3S/c1-23-10-12-25(13-11-23)16-6-4-15(5-7-16)22-20(26)18-9-8-17(14-19(18)21)24(2)29(3,27)28/h4-9,14H,10-13H2,1-3H3,(H,22,26). The molecule has 0 aromatic heterocycles. The highest BCUT2D eigenvalue weighted by molar-refractivity contribution is 7.92. The number of nitrogens with zero attached hydrogens (tertiary/aromatic N) is 3. The van der Waals surface area contributed by atoms with Crippen molar-refractivity contribution in [1.29, 1.82) is 0 Å². The van der Waals surface area contributed by atoms with Gasteiger partial charge in [0.25, 0.3) is 5.91 Å². The molecule has 156 valence electrons. The molecule has 1 aliphatic rings. The van der Waals surface area contributed by atoms with Crippen LogP contribution >= 0.6 is 11.6 Å². The number of anilines is 3. The molecule has 0 aliphatic carbocycles. The Balaban J connectivity index is 1.68. The quantitative estimate of drug-likeness (QED) is 0.780. The van der Waals surface area contributed by atoms with Crippen molar-refractivity contribution in [3.8, 4) is 0 Å². The maximum atomic E-state index is 12.6. The van der Waals surface area contributed by atoms with E-state index in [0.717, 1.165) is 42.4 Å². The topological polar surface area (TPSA) is 73.0 Å². The molecule has 2 aromatic rings. The predicted molar refractivity (Wildman–Crippen MR) is 119 cm³/mol. The van der Waals surface area contributed by atoms with Crippen LogP contribution in [0, 0.1) is 0 Å². The highest BCUT2D eigenvalue weighted by atomic mass is 35.5. The average Bonchev–Trinajstić information content (AvgIpc) is 2.67. The van der Waals surface area contributed by atoms with E-state index in [1.54, 1.807) is 6.07 Å². The van der Waals surface area contributed by atoms with Crippen LogP contribution in [-0.4, -0.2) is 65.8 Å². The average molecular weight is 437 g/mol. The number of likely N-dealkylation sites (N-methyl/N-ethyl adjacent to an activating group) is 1. The van der Waals surface area contributed by atoms with E-state index >= 15 is 0 Å². The van der Waals surface area contributed by atoms with Gasteiger partial charge in [-0.1, -0.05) is 11.6 Å². The maximum Gasteiger partial charge on any atom is 0.257 e. The Labute approximate surface area is 176 Å². The zero-order chi connectivity index (χ0) is 21.2. The van der Waals surface area contributed by atoms with Gasteiger partial charge in [-0.25, -0.2) is 8.42 Å². The van der Waals surface area contributed by atoms with Crippen LogP contribution in [0.5, 0.6) is 0 Å².